The van der Waals surface area contributed by atoms with Crippen LogP contribution in [-0.2, 0) is 36.8 Å². The first-order valence-electron chi connectivity index (χ1n) is 14.0. The number of aromatic hydroxyl groups is 1. The number of amides is 4. The van der Waals surface area contributed by atoms with E-state index >= 15 is 0 Å². The quantitative estimate of drug-likeness (QED) is 0.104. The molecule has 0 bridgehead atoms. The lowest BCUT2D eigenvalue weighted by atomic mass is 10.0. The highest BCUT2D eigenvalue weighted by Crippen LogP contribution is 2.19. The Bertz CT molecular complexity index is 1460. The van der Waals surface area contributed by atoms with Gasteiger partial charge < -0.3 is 42.6 Å². The predicted octanol–water partition coefficient (Wildman–Crippen LogP) is 0.544. The van der Waals surface area contributed by atoms with E-state index in [2.05, 4.69) is 20.9 Å². The fraction of sp³-hybridized carbons (Fsp3) is 0.367. The van der Waals surface area contributed by atoms with E-state index in [9.17, 15) is 34.2 Å². The molecule has 3 aromatic rings. The average Bonchev–Trinajstić information content (AvgIpc) is 3.40. The van der Waals surface area contributed by atoms with Crippen LogP contribution in [0.15, 0.2) is 54.7 Å². The summed E-state index contributed by atoms with van der Waals surface area (Å²) in [6, 6.07) is 8.70. The van der Waals surface area contributed by atoms with Gasteiger partial charge in [0, 0.05) is 29.9 Å². The number of carbonyl (C=O) groups excluding carboxylic acids is 4. The Morgan fingerprint density at radius 2 is 1.48 bits per heavy atom. The van der Waals surface area contributed by atoms with Crippen LogP contribution in [0.2, 0.25) is 0 Å². The lowest BCUT2D eigenvalue weighted by Gasteiger charge is -2.25. The zero-order valence-corrected chi connectivity index (χ0v) is 25.1. The van der Waals surface area contributed by atoms with Gasteiger partial charge in [0.15, 0.2) is 0 Å². The van der Waals surface area contributed by atoms with E-state index in [0.717, 1.165) is 16.5 Å². The van der Waals surface area contributed by atoms with Gasteiger partial charge in [-0.1, -0.05) is 30.3 Å². The molecule has 14 heteroatoms. The third-order valence-corrected chi connectivity index (χ3v) is 7.64. The minimum Gasteiger partial charge on any atom is -0.508 e. The lowest BCUT2D eigenvalue weighted by molar-refractivity contribution is -0.142. The maximum absolute atomic E-state index is 13.4. The summed E-state index contributed by atoms with van der Waals surface area (Å²) in [5.41, 5.74) is 13.8. The third kappa shape index (κ3) is 10.0. The van der Waals surface area contributed by atoms with Gasteiger partial charge in [0.2, 0.25) is 23.6 Å². The van der Waals surface area contributed by atoms with Gasteiger partial charge in [0.1, 0.15) is 23.9 Å². The van der Waals surface area contributed by atoms with Crippen LogP contribution in [0.4, 0.5) is 0 Å². The summed E-state index contributed by atoms with van der Waals surface area (Å²) in [5.74, 6) is -3.62. The van der Waals surface area contributed by atoms with Crippen LogP contribution in [0.25, 0.3) is 10.9 Å². The third-order valence-electron chi connectivity index (χ3n) is 7.00. The van der Waals surface area contributed by atoms with Crippen LogP contribution < -0.4 is 27.4 Å². The van der Waals surface area contributed by atoms with E-state index < -0.39 is 53.8 Å². The lowest BCUT2D eigenvalue weighted by Crippen LogP contribution is -2.57. The minimum absolute atomic E-state index is 0.000859. The van der Waals surface area contributed by atoms with Crippen LogP contribution in [-0.4, -0.2) is 81.0 Å². The van der Waals surface area contributed by atoms with Gasteiger partial charge >= 0.3 is 5.97 Å². The van der Waals surface area contributed by atoms with E-state index in [0.29, 0.717) is 11.3 Å². The molecular formula is C30H38N6O7S. The van der Waals surface area contributed by atoms with Crippen molar-refractivity contribution in [1.82, 2.24) is 20.9 Å². The molecule has 44 heavy (non-hydrogen) atoms. The molecule has 13 nitrogen and oxygen atoms in total. The Morgan fingerprint density at radius 1 is 0.864 bits per heavy atom. The van der Waals surface area contributed by atoms with Crippen molar-refractivity contribution >= 4 is 52.3 Å². The number of nitrogens with one attached hydrogen (secondary N) is 4. The molecule has 236 valence electrons. The number of para-hydroxylation sites is 1. The second kappa shape index (κ2) is 16.3. The first-order chi connectivity index (χ1) is 21.0. The molecule has 3 rings (SSSR count). The van der Waals surface area contributed by atoms with E-state index in [-0.39, 0.29) is 37.9 Å². The highest BCUT2D eigenvalue weighted by atomic mass is 32.2. The second-order valence-electron chi connectivity index (χ2n) is 10.3. The molecule has 1 aromatic heterocycles. The first-order valence-corrected chi connectivity index (χ1v) is 15.4. The molecular weight excluding hydrogens is 588 g/mol. The largest absolute Gasteiger partial charge is 0.508 e. The molecule has 0 saturated carbocycles. The van der Waals surface area contributed by atoms with Gasteiger partial charge in [-0.25, -0.2) is 4.79 Å². The molecule has 0 saturated heterocycles. The standard InChI is InChI=1S/C30H38N6O7S/c1-44-13-12-24(34-27(39)21(31)15-18-16-33-22-5-3-2-4-20(18)22)29(41)35-23(10-11-26(32)38)28(40)36-25(30(42)43)14-17-6-8-19(37)9-7-17/h2-9,16,21,23-25,33,37H,10-15,31H2,1H3,(H2,32,38)(H,34,39)(H,35,41)(H,36,40)(H,42,43). The average molecular weight is 627 g/mol. The number of fused-ring (bicyclic) bond motifs is 1. The zero-order chi connectivity index (χ0) is 32.2. The molecule has 1 heterocycles. The van der Waals surface area contributed by atoms with Crippen LogP contribution in [0.3, 0.4) is 0 Å². The summed E-state index contributed by atoms with van der Waals surface area (Å²) in [6.07, 6.45) is 3.51. The van der Waals surface area contributed by atoms with Crippen molar-refractivity contribution in [2.24, 2.45) is 11.5 Å². The predicted molar refractivity (Wildman–Crippen MR) is 167 cm³/mol. The van der Waals surface area contributed by atoms with Crippen molar-refractivity contribution < 1.29 is 34.2 Å². The summed E-state index contributed by atoms with van der Waals surface area (Å²) >= 11 is 1.45. The number of aliphatic carboxylic acids is 1. The maximum Gasteiger partial charge on any atom is 0.326 e. The van der Waals surface area contributed by atoms with Crippen molar-refractivity contribution in [2.75, 3.05) is 12.0 Å². The van der Waals surface area contributed by atoms with Crippen LogP contribution in [0.5, 0.6) is 5.75 Å². The highest BCUT2D eigenvalue weighted by Gasteiger charge is 2.30. The monoisotopic (exact) mass is 626 g/mol. The number of phenols is 1. The molecule has 2 aromatic carbocycles. The summed E-state index contributed by atoms with van der Waals surface area (Å²) in [6.45, 7) is 0. The molecule has 10 N–H and O–H groups in total. The number of carboxylic acids is 1. The normalized spacial score (nSPS) is 13.8. The van der Waals surface area contributed by atoms with Crippen molar-refractivity contribution in [3.8, 4) is 5.75 Å². The van der Waals surface area contributed by atoms with Crippen LogP contribution in [0.1, 0.15) is 30.4 Å². The van der Waals surface area contributed by atoms with E-state index in [1.54, 1.807) is 6.20 Å². The highest BCUT2D eigenvalue weighted by molar-refractivity contribution is 7.98. The van der Waals surface area contributed by atoms with Gasteiger partial charge in [0.25, 0.3) is 0 Å². The van der Waals surface area contributed by atoms with Gasteiger partial charge in [-0.2, -0.15) is 11.8 Å². The number of thioether (sulfide) groups is 1. The minimum atomic E-state index is -1.37. The number of hydrogen-bond acceptors (Lipinski definition) is 8. The summed E-state index contributed by atoms with van der Waals surface area (Å²) in [5, 5.41) is 27.8. The summed E-state index contributed by atoms with van der Waals surface area (Å²) in [4.78, 5) is 66.2. The smallest absolute Gasteiger partial charge is 0.326 e. The van der Waals surface area contributed by atoms with E-state index in [1.165, 1.54) is 36.0 Å². The number of hydrogen-bond donors (Lipinski definition) is 8. The van der Waals surface area contributed by atoms with Crippen LogP contribution >= 0.6 is 11.8 Å². The molecule has 0 radical (unpaired) electrons. The molecule has 0 aliphatic rings. The van der Waals surface area contributed by atoms with Gasteiger partial charge in [0.05, 0.1) is 6.04 Å². The van der Waals surface area contributed by atoms with Crippen molar-refractivity contribution in [2.45, 2.75) is 56.3 Å². The number of benzene rings is 2. The second-order valence-corrected chi connectivity index (χ2v) is 11.3. The molecule has 0 aliphatic heterocycles. The van der Waals surface area contributed by atoms with E-state index in [1.807, 2.05) is 30.5 Å². The Kier molecular flexibility index (Phi) is 12.6. The van der Waals surface area contributed by atoms with Gasteiger partial charge in [-0.3, -0.25) is 19.2 Å². The fourth-order valence-electron chi connectivity index (χ4n) is 4.58. The maximum atomic E-state index is 13.4. The number of rotatable bonds is 17. The fourth-order valence-corrected chi connectivity index (χ4v) is 5.05. The van der Waals surface area contributed by atoms with Gasteiger partial charge in [-0.05, 0) is 60.6 Å². The number of aromatic amines is 1. The number of phenolic OH excluding ortho intramolecular Hbond substituents is 1. The SMILES string of the molecule is CSCCC(NC(=O)C(N)Cc1c[nH]c2ccccc12)C(=O)NC(CCC(N)=O)C(=O)NC(Cc1ccc(O)cc1)C(=O)O. The van der Waals surface area contributed by atoms with Crippen molar-refractivity contribution in [3.63, 3.8) is 0 Å². The molecule has 4 unspecified atom stereocenters. The number of carboxylic acid groups (broad SMARTS) is 1. The van der Waals surface area contributed by atoms with Crippen molar-refractivity contribution in [3.05, 3.63) is 65.9 Å². The first kappa shape index (κ1) is 33.9. The molecule has 4 amide bonds. The molecule has 0 spiro atoms. The van der Waals surface area contributed by atoms with Crippen LogP contribution in [0, 0.1) is 0 Å². The Labute approximate surface area is 258 Å². The number of aromatic nitrogens is 1. The number of H-pyrrole nitrogens is 1. The number of primary amides is 1. The number of nitrogens with two attached hydrogens (primary N) is 2. The summed E-state index contributed by atoms with van der Waals surface area (Å²) in [7, 11) is 0. The summed E-state index contributed by atoms with van der Waals surface area (Å²) < 4.78 is 0. The Balaban J connectivity index is 1.70. The molecule has 0 aliphatic carbocycles. The number of carbonyl (C=O) groups is 5. The Hall–Kier alpha value is -4.56. The molecule has 4 atom stereocenters. The van der Waals surface area contributed by atoms with Gasteiger partial charge in [-0.15, -0.1) is 0 Å². The topological polar surface area (TPSA) is 230 Å². The van der Waals surface area contributed by atoms with Crippen molar-refractivity contribution in [1.29, 1.82) is 0 Å². The van der Waals surface area contributed by atoms with E-state index in [4.69, 9.17) is 11.5 Å². The Morgan fingerprint density at radius 3 is 2.11 bits per heavy atom. The zero-order valence-electron chi connectivity index (χ0n) is 24.2. The molecule has 0 fully saturated rings.